The van der Waals surface area contributed by atoms with Crippen LogP contribution in [0.5, 0.6) is 0 Å². The first-order valence-corrected chi connectivity index (χ1v) is 13.0. The third-order valence-corrected chi connectivity index (χ3v) is 6.36. The fourth-order valence-corrected chi connectivity index (χ4v) is 4.55. The van der Waals surface area contributed by atoms with Crippen LogP contribution in [0.25, 0.3) is 0 Å². The molecule has 1 N–H and O–H groups in total. The highest BCUT2D eigenvalue weighted by molar-refractivity contribution is 7.92. The second kappa shape index (κ2) is 11.3. The largest absolute Gasteiger partial charge is 0.352 e. The van der Waals surface area contributed by atoms with Crippen LogP contribution < -0.4 is 9.62 Å². The number of anilines is 1. The lowest BCUT2D eigenvalue weighted by atomic mass is 10.1. The number of amides is 2. The van der Waals surface area contributed by atoms with Crippen molar-refractivity contribution in [1.29, 1.82) is 0 Å². The quantitative estimate of drug-likeness (QED) is 0.573. The number of sulfonamides is 1. The summed E-state index contributed by atoms with van der Waals surface area (Å²) >= 11 is 0. The average molecular weight is 474 g/mol. The summed E-state index contributed by atoms with van der Waals surface area (Å²) in [5, 5.41) is 2.88. The van der Waals surface area contributed by atoms with E-state index in [1.165, 1.54) is 4.90 Å². The van der Waals surface area contributed by atoms with Crippen LogP contribution in [0.3, 0.4) is 0 Å². The van der Waals surface area contributed by atoms with Gasteiger partial charge in [0.2, 0.25) is 21.8 Å². The highest BCUT2D eigenvalue weighted by Gasteiger charge is 2.32. The van der Waals surface area contributed by atoms with Crippen molar-refractivity contribution < 1.29 is 18.0 Å². The van der Waals surface area contributed by atoms with Gasteiger partial charge in [-0.25, -0.2) is 8.42 Å². The van der Waals surface area contributed by atoms with Gasteiger partial charge in [0.25, 0.3) is 0 Å². The van der Waals surface area contributed by atoms with E-state index in [2.05, 4.69) is 5.32 Å². The fraction of sp³-hybridized carbons (Fsp3) is 0.440. The molecule has 0 fully saturated rings. The number of nitrogens with one attached hydrogen (secondary N) is 1. The zero-order valence-electron chi connectivity index (χ0n) is 20.3. The van der Waals surface area contributed by atoms with E-state index in [0.717, 1.165) is 27.3 Å². The standard InChI is InChI=1S/C25H35N3O4S/c1-7-23(25(30)26-18(2)3)27(16-21-12-8-10-19(4)14-21)24(29)17-28(33(6,31)32)22-13-9-11-20(5)15-22/h8-15,18,23H,7,16-17H2,1-6H3,(H,26,30)/t23-/m1/s1. The Balaban J connectivity index is 2.44. The molecular weight excluding hydrogens is 438 g/mol. The van der Waals surface area contributed by atoms with Gasteiger partial charge in [-0.3, -0.25) is 13.9 Å². The number of benzene rings is 2. The van der Waals surface area contributed by atoms with Gasteiger partial charge in [-0.2, -0.15) is 0 Å². The molecule has 0 radical (unpaired) electrons. The van der Waals surface area contributed by atoms with E-state index < -0.39 is 22.0 Å². The number of carbonyl (C=O) groups excluding carboxylic acids is 2. The first kappa shape index (κ1) is 26.4. The maximum atomic E-state index is 13.6. The SMILES string of the molecule is CC[C@H](C(=O)NC(C)C)N(Cc1cccc(C)c1)C(=O)CN(c1cccc(C)c1)S(C)(=O)=O. The first-order valence-electron chi connectivity index (χ1n) is 11.1. The van der Waals surface area contributed by atoms with E-state index in [0.29, 0.717) is 12.1 Å². The maximum absolute atomic E-state index is 13.6. The van der Waals surface area contributed by atoms with Crippen molar-refractivity contribution in [3.05, 3.63) is 65.2 Å². The Morgan fingerprint density at radius 3 is 2.12 bits per heavy atom. The molecule has 2 aromatic carbocycles. The second-order valence-electron chi connectivity index (χ2n) is 8.71. The van der Waals surface area contributed by atoms with Crippen molar-refractivity contribution in [2.24, 2.45) is 0 Å². The van der Waals surface area contributed by atoms with Gasteiger partial charge in [0.05, 0.1) is 11.9 Å². The van der Waals surface area contributed by atoms with Gasteiger partial charge in [0.1, 0.15) is 12.6 Å². The summed E-state index contributed by atoms with van der Waals surface area (Å²) in [5.41, 5.74) is 3.21. The van der Waals surface area contributed by atoms with E-state index in [1.54, 1.807) is 18.2 Å². The van der Waals surface area contributed by atoms with Gasteiger partial charge in [-0.05, 0) is 57.4 Å². The summed E-state index contributed by atoms with van der Waals surface area (Å²) in [6, 6.07) is 13.9. The highest BCUT2D eigenvalue weighted by atomic mass is 32.2. The van der Waals surface area contributed by atoms with Gasteiger partial charge in [-0.1, -0.05) is 48.9 Å². The zero-order chi connectivity index (χ0) is 24.8. The normalized spacial score (nSPS) is 12.3. The molecule has 2 rings (SSSR count). The summed E-state index contributed by atoms with van der Waals surface area (Å²) < 4.78 is 26.3. The topological polar surface area (TPSA) is 86.8 Å². The Hall–Kier alpha value is -2.87. The third-order valence-electron chi connectivity index (χ3n) is 5.22. The van der Waals surface area contributed by atoms with Crippen LogP contribution in [0, 0.1) is 13.8 Å². The average Bonchev–Trinajstić information content (AvgIpc) is 2.70. The minimum atomic E-state index is -3.73. The van der Waals surface area contributed by atoms with Crippen molar-refractivity contribution in [3.63, 3.8) is 0 Å². The Labute approximate surface area is 197 Å². The molecule has 0 aliphatic carbocycles. The van der Waals surface area contributed by atoms with Crippen LogP contribution in [0.1, 0.15) is 43.9 Å². The molecule has 7 nitrogen and oxygen atoms in total. The molecule has 0 saturated carbocycles. The molecule has 0 aliphatic heterocycles. The van der Waals surface area contributed by atoms with E-state index in [4.69, 9.17) is 0 Å². The number of rotatable bonds is 10. The Morgan fingerprint density at radius 1 is 1.00 bits per heavy atom. The monoisotopic (exact) mass is 473 g/mol. The summed E-state index contributed by atoms with van der Waals surface area (Å²) in [5.74, 6) is -0.691. The molecule has 0 aliphatic rings. The summed E-state index contributed by atoms with van der Waals surface area (Å²) in [4.78, 5) is 28.0. The summed E-state index contributed by atoms with van der Waals surface area (Å²) in [7, 11) is -3.73. The van der Waals surface area contributed by atoms with Crippen molar-refractivity contribution in [3.8, 4) is 0 Å². The summed E-state index contributed by atoms with van der Waals surface area (Å²) in [6.07, 6.45) is 1.48. The van der Waals surface area contributed by atoms with Crippen molar-refractivity contribution >= 4 is 27.5 Å². The molecule has 0 heterocycles. The molecule has 1 atom stereocenters. The van der Waals surface area contributed by atoms with Gasteiger partial charge in [0.15, 0.2) is 0 Å². The molecule has 0 unspecified atom stereocenters. The van der Waals surface area contributed by atoms with Gasteiger partial charge < -0.3 is 10.2 Å². The third kappa shape index (κ3) is 7.60. The predicted molar refractivity (Wildman–Crippen MR) is 132 cm³/mol. The van der Waals surface area contributed by atoms with Crippen LogP contribution in [0.4, 0.5) is 5.69 Å². The highest BCUT2D eigenvalue weighted by Crippen LogP contribution is 2.21. The second-order valence-corrected chi connectivity index (χ2v) is 10.6. The number of nitrogens with zero attached hydrogens (tertiary/aromatic N) is 2. The minimum absolute atomic E-state index is 0.0812. The lowest BCUT2D eigenvalue weighted by Gasteiger charge is -2.33. The first-order chi connectivity index (χ1) is 15.4. The molecule has 2 amide bonds. The molecule has 0 aromatic heterocycles. The van der Waals surface area contributed by atoms with Gasteiger partial charge >= 0.3 is 0 Å². The fourth-order valence-electron chi connectivity index (χ4n) is 3.70. The van der Waals surface area contributed by atoms with Crippen LogP contribution in [0.2, 0.25) is 0 Å². The molecule has 180 valence electrons. The molecule has 33 heavy (non-hydrogen) atoms. The number of hydrogen-bond acceptors (Lipinski definition) is 4. The molecule has 0 saturated heterocycles. The number of hydrogen-bond donors (Lipinski definition) is 1. The van der Waals surface area contributed by atoms with E-state index in [9.17, 15) is 18.0 Å². The molecule has 8 heteroatoms. The smallest absolute Gasteiger partial charge is 0.244 e. The van der Waals surface area contributed by atoms with Gasteiger partial charge in [-0.15, -0.1) is 0 Å². The lowest BCUT2D eigenvalue weighted by Crippen LogP contribution is -2.53. The van der Waals surface area contributed by atoms with Crippen LogP contribution in [-0.4, -0.2) is 50.0 Å². The molecular formula is C25H35N3O4S. The van der Waals surface area contributed by atoms with Crippen LogP contribution in [-0.2, 0) is 26.2 Å². The summed E-state index contributed by atoms with van der Waals surface area (Å²) in [6.45, 7) is 9.20. The number of carbonyl (C=O) groups is 2. The zero-order valence-corrected chi connectivity index (χ0v) is 21.1. The number of aryl methyl sites for hydroxylation is 2. The van der Waals surface area contributed by atoms with Crippen LogP contribution >= 0.6 is 0 Å². The van der Waals surface area contributed by atoms with Crippen molar-refractivity contribution in [1.82, 2.24) is 10.2 Å². The Bertz CT molecular complexity index is 1080. The predicted octanol–water partition coefficient (Wildman–Crippen LogP) is 3.40. The van der Waals surface area contributed by atoms with Crippen molar-refractivity contribution in [2.45, 2.75) is 59.7 Å². The maximum Gasteiger partial charge on any atom is 0.244 e. The van der Waals surface area contributed by atoms with E-state index >= 15 is 0 Å². The molecule has 0 bridgehead atoms. The lowest BCUT2D eigenvalue weighted by molar-refractivity contribution is -0.140. The minimum Gasteiger partial charge on any atom is -0.352 e. The Kier molecular flexibility index (Phi) is 9.05. The van der Waals surface area contributed by atoms with Crippen LogP contribution in [0.15, 0.2) is 48.5 Å². The molecule has 2 aromatic rings. The molecule has 0 spiro atoms. The Morgan fingerprint density at radius 2 is 1.61 bits per heavy atom. The van der Waals surface area contributed by atoms with E-state index in [1.807, 2.05) is 65.0 Å². The van der Waals surface area contributed by atoms with E-state index in [-0.39, 0.29) is 25.0 Å². The van der Waals surface area contributed by atoms with Gasteiger partial charge in [0, 0.05) is 12.6 Å². The van der Waals surface area contributed by atoms with Crippen molar-refractivity contribution in [2.75, 3.05) is 17.1 Å².